The molecule has 0 bridgehead atoms. The number of benzene rings is 2. The summed E-state index contributed by atoms with van der Waals surface area (Å²) in [5, 5.41) is 1.03. The maximum absolute atomic E-state index is 12.5. The Kier molecular flexibility index (Phi) is 5.12. The Hall–Kier alpha value is -3.12. The standard InChI is InChI=1S/C22H22N2O4/c1-2-27-11-12-28-16-7-8-20-19(13-16)15(14-23-20)9-10-24-21(25)17-5-3-4-6-18(17)22(24)26/h3-8,13-14,23H,2,9-12H2,1H3. The van der Waals surface area contributed by atoms with Gasteiger partial charge in [0.1, 0.15) is 12.4 Å². The highest BCUT2D eigenvalue weighted by molar-refractivity contribution is 6.21. The maximum atomic E-state index is 12.5. The molecule has 1 aliphatic rings. The molecule has 4 rings (SSSR count). The van der Waals surface area contributed by atoms with Crippen molar-refractivity contribution in [1.82, 2.24) is 9.88 Å². The fourth-order valence-electron chi connectivity index (χ4n) is 3.49. The van der Waals surface area contributed by atoms with Gasteiger partial charge in [-0.1, -0.05) is 12.1 Å². The van der Waals surface area contributed by atoms with Crippen molar-refractivity contribution in [3.05, 3.63) is 65.4 Å². The summed E-state index contributed by atoms with van der Waals surface area (Å²) in [6, 6.07) is 12.8. The first-order chi connectivity index (χ1) is 13.7. The van der Waals surface area contributed by atoms with Gasteiger partial charge in [-0.05, 0) is 49.2 Å². The van der Waals surface area contributed by atoms with E-state index in [1.165, 1.54) is 4.90 Å². The van der Waals surface area contributed by atoms with Crippen molar-refractivity contribution in [3.63, 3.8) is 0 Å². The zero-order valence-corrected chi connectivity index (χ0v) is 15.7. The lowest BCUT2D eigenvalue weighted by Crippen LogP contribution is -2.31. The van der Waals surface area contributed by atoms with Crippen LogP contribution in [0.15, 0.2) is 48.7 Å². The molecule has 0 aliphatic carbocycles. The predicted octanol–water partition coefficient (Wildman–Crippen LogP) is 3.42. The molecule has 0 spiro atoms. The molecule has 1 aromatic heterocycles. The average Bonchev–Trinajstić information content (AvgIpc) is 3.23. The molecule has 1 aliphatic heterocycles. The van der Waals surface area contributed by atoms with Crippen molar-refractivity contribution < 1.29 is 19.1 Å². The lowest BCUT2D eigenvalue weighted by atomic mass is 10.1. The number of carbonyl (C=O) groups is 2. The number of carbonyl (C=O) groups excluding carboxylic acids is 2. The number of fused-ring (bicyclic) bond motifs is 2. The second kappa shape index (κ2) is 7.86. The molecule has 2 heterocycles. The van der Waals surface area contributed by atoms with E-state index in [1.807, 2.05) is 31.3 Å². The fourth-order valence-corrected chi connectivity index (χ4v) is 3.49. The molecule has 2 amide bonds. The first-order valence-electron chi connectivity index (χ1n) is 9.45. The molecule has 0 fully saturated rings. The summed E-state index contributed by atoms with van der Waals surface area (Å²) in [7, 11) is 0. The van der Waals surface area contributed by atoms with E-state index in [2.05, 4.69) is 4.98 Å². The zero-order chi connectivity index (χ0) is 19.5. The number of imide groups is 1. The Morgan fingerprint density at radius 2 is 1.75 bits per heavy atom. The summed E-state index contributed by atoms with van der Waals surface area (Å²) < 4.78 is 11.0. The Balaban J connectivity index is 1.46. The molecule has 6 nitrogen and oxygen atoms in total. The van der Waals surface area contributed by atoms with E-state index in [-0.39, 0.29) is 11.8 Å². The van der Waals surface area contributed by atoms with Crippen LogP contribution in [-0.4, -0.2) is 48.1 Å². The van der Waals surface area contributed by atoms with Gasteiger partial charge in [0.15, 0.2) is 0 Å². The molecule has 6 heteroatoms. The van der Waals surface area contributed by atoms with Crippen molar-refractivity contribution >= 4 is 22.7 Å². The van der Waals surface area contributed by atoms with E-state index in [9.17, 15) is 9.59 Å². The molecule has 0 atom stereocenters. The van der Waals surface area contributed by atoms with Crippen molar-refractivity contribution in [2.24, 2.45) is 0 Å². The van der Waals surface area contributed by atoms with Gasteiger partial charge in [-0.25, -0.2) is 0 Å². The Labute approximate surface area is 163 Å². The van der Waals surface area contributed by atoms with Gasteiger partial charge in [-0.2, -0.15) is 0 Å². The number of H-pyrrole nitrogens is 1. The smallest absolute Gasteiger partial charge is 0.261 e. The minimum atomic E-state index is -0.222. The number of hydrogen-bond donors (Lipinski definition) is 1. The molecule has 3 aromatic rings. The molecular formula is C22H22N2O4. The van der Waals surface area contributed by atoms with E-state index in [4.69, 9.17) is 9.47 Å². The topological polar surface area (TPSA) is 71.6 Å². The number of nitrogens with zero attached hydrogens (tertiary/aromatic N) is 1. The molecule has 144 valence electrons. The van der Waals surface area contributed by atoms with Crippen LogP contribution in [0.25, 0.3) is 10.9 Å². The van der Waals surface area contributed by atoms with E-state index < -0.39 is 0 Å². The van der Waals surface area contributed by atoms with Gasteiger partial charge in [0, 0.05) is 30.3 Å². The maximum Gasteiger partial charge on any atom is 0.261 e. The van der Waals surface area contributed by atoms with Crippen LogP contribution in [0.1, 0.15) is 33.2 Å². The van der Waals surface area contributed by atoms with Crippen LogP contribution in [0.4, 0.5) is 0 Å². The first kappa shape index (κ1) is 18.3. The van der Waals surface area contributed by atoms with E-state index in [0.717, 1.165) is 22.2 Å². The number of aromatic nitrogens is 1. The lowest BCUT2D eigenvalue weighted by molar-refractivity contribution is 0.0656. The number of aromatic amines is 1. The molecule has 1 N–H and O–H groups in total. The molecule has 0 saturated carbocycles. The largest absolute Gasteiger partial charge is 0.491 e. The second-order valence-corrected chi connectivity index (χ2v) is 6.62. The molecule has 28 heavy (non-hydrogen) atoms. The minimum absolute atomic E-state index is 0.222. The highest BCUT2D eigenvalue weighted by Crippen LogP contribution is 2.26. The first-order valence-corrected chi connectivity index (χ1v) is 9.45. The number of ether oxygens (including phenoxy) is 2. The van der Waals surface area contributed by atoms with E-state index in [1.54, 1.807) is 24.3 Å². The van der Waals surface area contributed by atoms with E-state index >= 15 is 0 Å². The van der Waals surface area contributed by atoms with Crippen LogP contribution in [-0.2, 0) is 11.2 Å². The third-order valence-corrected chi connectivity index (χ3v) is 4.92. The van der Waals surface area contributed by atoms with Crippen LogP contribution in [0, 0.1) is 0 Å². The lowest BCUT2D eigenvalue weighted by Gasteiger charge is -2.13. The molecule has 0 unspecified atom stereocenters. The zero-order valence-electron chi connectivity index (χ0n) is 15.7. The highest BCUT2D eigenvalue weighted by atomic mass is 16.5. The predicted molar refractivity (Wildman–Crippen MR) is 106 cm³/mol. The quantitative estimate of drug-likeness (QED) is 0.482. The minimum Gasteiger partial charge on any atom is -0.491 e. The Bertz CT molecular complexity index is 989. The third kappa shape index (κ3) is 3.39. The summed E-state index contributed by atoms with van der Waals surface area (Å²) >= 11 is 0. The SMILES string of the molecule is CCOCCOc1ccc2[nH]cc(CCN3C(=O)c4ccccc4C3=O)c2c1. The summed E-state index contributed by atoms with van der Waals surface area (Å²) in [4.78, 5) is 29.6. The van der Waals surface area contributed by atoms with Gasteiger partial charge in [0.25, 0.3) is 11.8 Å². The Morgan fingerprint density at radius 1 is 1.00 bits per heavy atom. The molecular weight excluding hydrogens is 356 g/mol. The Morgan fingerprint density at radius 3 is 2.46 bits per heavy atom. The highest BCUT2D eigenvalue weighted by Gasteiger charge is 2.34. The van der Waals surface area contributed by atoms with Gasteiger partial charge in [0.2, 0.25) is 0 Å². The number of hydrogen-bond acceptors (Lipinski definition) is 4. The number of amides is 2. The van der Waals surface area contributed by atoms with Gasteiger partial charge >= 0.3 is 0 Å². The van der Waals surface area contributed by atoms with Gasteiger partial charge < -0.3 is 14.5 Å². The van der Waals surface area contributed by atoms with Crippen LogP contribution in [0.5, 0.6) is 5.75 Å². The van der Waals surface area contributed by atoms with Crippen molar-refractivity contribution in [3.8, 4) is 5.75 Å². The summed E-state index contributed by atoms with van der Waals surface area (Å²) in [6.07, 6.45) is 2.50. The number of nitrogens with one attached hydrogen (secondary N) is 1. The van der Waals surface area contributed by atoms with Crippen LogP contribution < -0.4 is 4.74 Å². The van der Waals surface area contributed by atoms with Crippen LogP contribution in [0.2, 0.25) is 0 Å². The summed E-state index contributed by atoms with van der Waals surface area (Å²) in [5.74, 6) is 0.328. The van der Waals surface area contributed by atoms with Gasteiger partial charge in [-0.15, -0.1) is 0 Å². The summed E-state index contributed by atoms with van der Waals surface area (Å²) in [5.41, 5.74) is 3.00. The fraction of sp³-hybridized carbons (Fsp3) is 0.273. The van der Waals surface area contributed by atoms with Crippen LogP contribution >= 0.6 is 0 Å². The average molecular weight is 378 g/mol. The van der Waals surface area contributed by atoms with Gasteiger partial charge in [0.05, 0.1) is 17.7 Å². The molecule has 0 saturated heterocycles. The normalized spacial score (nSPS) is 13.4. The van der Waals surface area contributed by atoms with Crippen molar-refractivity contribution in [1.29, 1.82) is 0 Å². The molecule has 0 radical (unpaired) electrons. The van der Waals surface area contributed by atoms with Crippen molar-refractivity contribution in [2.45, 2.75) is 13.3 Å². The van der Waals surface area contributed by atoms with E-state index in [0.29, 0.717) is 43.9 Å². The van der Waals surface area contributed by atoms with Crippen molar-refractivity contribution in [2.75, 3.05) is 26.4 Å². The monoisotopic (exact) mass is 378 g/mol. The second-order valence-electron chi connectivity index (χ2n) is 6.62. The molecule has 2 aromatic carbocycles. The summed E-state index contributed by atoms with van der Waals surface area (Å²) in [6.45, 7) is 4.01. The third-order valence-electron chi connectivity index (χ3n) is 4.92. The van der Waals surface area contributed by atoms with Crippen LogP contribution in [0.3, 0.4) is 0 Å². The number of rotatable bonds is 8. The van der Waals surface area contributed by atoms with Gasteiger partial charge in [-0.3, -0.25) is 14.5 Å².